The lowest BCUT2D eigenvalue weighted by molar-refractivity contribution is 0.0992. The zero-order valence-corrected chi connectivity index (χ0v) is 12.5. The molecule has 0 saturated heterocycles. The molecule has 0 aromatic heterocycles. The summed E-state index contributed by atoms with van der Waals surface area (Å²) >= 11 is 3.46. The Labute approximate surface area is 121 Å². The van der Waals surface area contributed by atoms with Gasteiger partial charge in [-0.2, -0.15) is 0 Å². The number of halogens is 1. The second kappa shape index (κ2) is 6.02. The third kappa shape index (κ3) is 3.24. The second-order valence-corrected chi connectivity index (χ2v) is 5.23. The highest BCUT2D eigenvalue weighted by Crippen LogP contribution is 2.21. The first-order valence-corrected chi connectivity index (χ1v) is 6.82. The Morgan fingerprint density at radius 3 is 2.58 bits per heavy atom. The van der Waals surface area contributed by atoms with Crippen LogP contribution in [0.25, 0.3) is 0 Å². The van der Waals surface area contributed by atoms with E-state index < -0.39 is 0 Å². The first-order chi connectivity index (χ1) is 9.11. The maximum absolute atomic E-state index is 12.3. The van der Waals surface area contributed by atoms with Gasteiger partial charge in [0.05, 0.1) is 7.11 Å². The van der Waals surface area contributed by atoms with Crippen LogP contribution in [0.1, 0.15) is 21.5 Å². The van der Waals surface area contributed by atoms with Crippen LogP contribution < -0.4 is 4.74 Å². The minimum Gasteiger partial charge on any atom is -0.496 e. The maximum atomic E-state index is 12.3. The number of rotatable bonds is 4. The Morgan fingerprint density at radius 2 is 1.95 bits per heavy atom. The smallest absolute Gasteiger partial charge is 0.167 e. The van der Waals surface area contributed by atoms with E-state index >= 15 is 0 Å². The van der Waals surface area contributed by atoms with E-state index in [1.165, 1.54) is 0 Å². The number of aryl methyl sites for hydroxylation is 1. The molecule has 0 fully saturated rings. The monoisotopic (exact) mass is 318 g/mol. The Bertz CT molecular complexity index is 605. The summed E-state index contributed by atoms with van der Waals surface area (Å²) in [5.41, 5.74) is 2.69. The van der Waals surface area contributed by atoms with Gasteiger partial charge in [-0.15, -0.1) is 0 Å². The summed E-state index contributed by atoms with van der Waals surface area (Å²) in [6.45, 7) is 1.94. The molecule has 2 aromatic rings. The van der Waals surface area contributed by atoms with Crippen LogP contribution in [-0.2, 0) is 6.42 Å². The molecule has 0 saturated carbocycles. The van der Waals surface area contributed by atoms with Gasteiger partial charge in [0.15, 0.2) is 5.78 Å². The molecule has 0 aliphatic carbocycles. The standard InChI is InChI=1S/C16H15BrO2/c1-11-9-13(7-8-16(11)19-2)15(18)10-12-5-3-4-6-14(12)17/h3-9H,10H2,1-2H3. The van der Waals surface area contributed by atoms with Gasteiger partial charge in [0.1, 0.15) is 5.75 Å². The highest BCUT2D eigenvalue weighted by Gasteiger charge is 2.10. The molecule has 2 nitrogen and oxygen atoms in total. The van der Waals surface area contributed by atoms with Crippen molar-refractivity contribution < 1.29 is 9.53 Å². The Balaban J connectivity index is 2.21. The Hall–Kier alpha value is -1.61. The fraction of sp³-hybridized carbons (Fsp3) is 0.188. The fourth-order valence-corrected chi connectivity index (χ4v) is 2.39. The zero-order chi connectivity index (χ0) is 13.8. The molecule has 0 bridgehead atoms. The first-order valence-electron chi connectivity index (χ1n) is 6.03. The normalized spacial score (nSPS) is 10.3. The van der Waals surface area contributed by atoms with Crippen LogP contribution >= 0.6 is 15.9 Å². The van der Waals surface area contributed by atoms with Crippen LogP contribution in [0.3, 0.4) is 0 Å². The van der Waals surface area contributed by atoms with Crippen molar-refractivity contribution in [1.29, 1.82) is 0 Å². The van der Waals surface area contributed by atoms with E-state index in [0.29, 0.717) is 12.0 Å². The van der Waals surface area contributed by atoms with Crippen molar-refractivity contribution in [3.63, 3.8) is 0 Å². The summed E-state index contributed by atoms with van der Waals surface area (Å²) in [5, 5.41) is 0. The molecule has 0 atom stereocenters. The van der Waals surface area contributed by atoms with Crippen LogP contribution in [0, 0.1) is 6.92 Å². The van der Waals surface area contributed by atoms with Gasteiger partial charge in [-0.1, -0.05) is 34.1 Å². The van der Waals surface area contributed by atoms with Crippen molar-refractivity contribution in [2.24, 2.45) is 0 Å². The van der Waals surface area contributed by atoms with Gasteiger partial charge in [0.2, 0.25) is 0 Å². The molecule has 0 radical (unpaired) electrons. The van der Waals surface area contributed by atoms with Crippen LogP contribution in [0.15, 0.2) is 46.9 Å². The lowest BCUT2D eigenvalue weighted by Gasteiger charge is -2.07. The van der Waals surface area contributed by atoms with Gasteiger partial charge in [-0.3, -0.25) is 4.79 Å². The van der Waals surface area contributed by atoms with E-state index in [9.17, 15) is 4.79 Å². The molecular formula is C16H15BrO2. The summed E-state index contributed by atoms with van der Waals surface area (Å²) in [7, 11) is 1.63. The summed E-state index contributed by atoms with van der Waals surface area (Å²) in [6.07, 6.45) is 0.396. The van der Waals surface area contributed by atoms with E-state index in [1.807, 2.05) is 49.4 Å². The van der Waals surface area contributed by atoms with Gasteiger partial charge < -0.3 is 4.74 Å². The minimum absolute atomic E-state index is 0.109. The number of hydrogen-bond acceptors (Lipinski definition) is 2. The molecule has 0 spiro atoms. The topological polar surface area (TPSA) is 26.3 Å². The Kier molecular flexibility index (Phi) is 4.38. The predicted octanol–water partition coefficient (Wildman–Crippen LogP) is 4.19. The molecule has 0 N–H and O–H groups in total. The largest absolute Gasteiger partial charge is 0.496 e. The summed E-state index contributed by atoms with van der Waals surface area (Å²) < 4.78 is 6.16. The lowest BCUT2D eigenvalue weighted by atomic mass is 10.0. The van der Waals surface area contributed by atoms with Crippen LogP contribution in [0.2, 0.25) is 0 Å². The van der Waals surface area contributed by atoms with Crippen LogP contribution in [-0.4, -0.2) is 12.9 Å². The molecule has 19 heavy (non-hydrogen) atoms. The first kappa shape index (κ1) is 13.8. The number of Topliss-reactive ketones (excluding diaryl/α,β-unsaturated/α-hetero) is 1. The summed E-state index contributed by atoms with van der Waals surface area (Å²) in [6, 6.07) is 13.3. The molecule has 0 heterocycles. The Morgan fingerprint density at radius 1 is 1.21 bits per heavy atom. The quantitative estimate of drug-likeness (QED) is 0.790. The van der Waals surface area contributed by atoms with E-state index in [0.717, 1.165) is 21.3 Å². The predicted molar refractivity (Wildman–Crippen MR) is 79.9 cm³/mol. The van der Waals surface area contributed by atoms with Gasteiger partial charge in [-0.05, 0) is 42.3 Å². The SMILES string of the molecule is COc1ccc(C(=O)Cc2ccccc2Br)cc1C. The molecule has 0 aliphatic rings. The molecule has 0 aliphatic heterocycles. The number of methoxy groups -OCH3 is 1. The number of ether oxygens (including phenoxy) is 1. The van der Waals surface area contributed by atoms with Crippen molar-refractivity contribution in [3.8, 4) is 5.75 Å². The third-order valence-electron chi connectivity index (χ3n) is 3.03. The van der Waals surface area contributed by atoms with E-state index in [2.05, 4.69) is 15.9 Å². The van der Waals surface area contributed by atoms with Gasteiger partial charge in [0, 0.05) is 16.5 Å². The van der Waals surface area contributed by atoms with Crippen molar-refractivity contribution >= 4 is 21.7 Å². The average molecular weight is 319 g/mol. The van der Waals surface area contributed by atoms with E-state index in [-0.39, 0.29) is 5.78 Å². The number of carbonyl (C=O) groups excluding carboxylic acids is 1. The number of carbonyl (C=O) groups is 1. The minimum atomic E-state index is 0.109. The van der Waals surface area contributed by atoms with E-state index in [4.69, 9.17) is 4.74 Å². The molecular weight excluding hydrogens is 304 g/mol. The zero-order valence-electron chi connectivity index (χ0n) is 10.9. The van der Waals surface area contributed by atoms with Crippen LogP contribution in [0.4, 0.5) is 0 Å². The summed E-state index contributed by atoms with van der Waals surface area (Å²) in [5.74, 6) is 0.912. The molecule has 0 unspecified atom stereocenters. The average Bonchev–Trinajstić information content (AvgIpc) is 2.41. The van der Waals surface area contributed by atoms with Crippen LogP contribution in [0.5, 0.6) is 5.75 Å². The van der Waals surface area contributed by atoms with Gasteiger partial charge >= 0.3 is 0 Å². The molecule has 2 aromatic carbocycles. The lowest BCUT2D eigenvalue weighted by Crippen LogP contribution is -2.04. The van der Waals surface area contributed by atoms with Gasteiger partial charge in [-0.25, -0.2) is 0 Å². The summed E-state index contributed by atoms with van der Waals surface area (Å²) in [4.78, 5) is 12.3. The van der Waals surface area contributed by atoms with Crippen molar-refractivity contribution in [2.75, 3.05) is 7.11 Å². The van der Waals surface area contributed by atoms with E-state index in [1.54, 1.807) is 7.11 Å². The fourth-order valence-electron chi connectivity index (χ4n) is 1.97. The number of ketones is 1. The number of hydrogen-bond donors (Lipinski definition) is 0. The molecule has 2 rings (SSSR count). The highest BCUT2D eigenvalue weighted by atomic mass is 79.9. The van der Waals surface area contributed by atoms with Gasteiger partial charge in [0.25, 0.3) is 0 Å². The van der Waals surface area contributed by atoms with Crippen molar-refractivity contribution in [2.45, 2.75) is 13.3 Å². The van der Waals surface area contributed by atoms with Crippen molar-refractivity contribution in [1.82, 2.24) is 0 Å². The molecule has 0 amide bonds. The maximum Gasteiger partial charge on any atom is 0.167 e. The third-order valence-corrected chi connectivity index (χ3v) is 3.80. The van der Waals surface area contributed by atoms with Crippen molar-refractivity contribution in [3.05, 3.63) is 63.6 Å². The second-order valence-electron chi connectivity index (χ2n) is 4.38. The highest BCUT2D eigenvalue weighted by molar-refractivity contribution is 9.10. The molecule has 3 heteroatoms. The molecule has 98 valence electrons. The number of benzene rings is 2.